The Morgan fingerprint density at radius 1 is 1.17 bits per heavy atom. The average Bonchev–Trinajstić information content (AvgIpc) is 2.27. The number of piperazine rings is 1. The maximum Gasteiger partial charge on any atom is 0.224 e. The second-order valence-electron chi connectivity index (χ2n) is 5.16. The average molecular weight is 278 g/mol. The molecule has 108 valence electrons. The van der Waals surface area contributed by atoms with Gasteiger partial charge < -0.3 is 10.2 Å². The summed E-state index contributed by atoms with van der Waals surface area (Å²) in [5.74, 6) is 0.180. The zero-order chi connectivity index (χ0) is 13.6. The number of likely N-dealkylation sites (N-methyl/N-ethyl adjacent to an activating group) is 1. The van der Waals surface area contributed by atoms with Crippen molar-refractivity contribution in [3.63, 3.8) is 0 Å². The third-order valence-corrected chi connectivity index (χ3v) is 4.28. The molecule has 0 aromatic rings. The van der Waals surface area contributed by atoms with E-state index in [9.17, 15) is 8.42 Å². The monoisotopic (exact) mass is 278 g/mol. The van der Waals surface area contributed by atoms with Crippen molar-refractivity contribution >= 4 is 10.0 Å². The van der Waals surface area contributed by atoms with Crippen LogP contribution in [-0.2, 0) is 10.0 Å². The maximum atomic E-state index is 11.8. The molecule has 0 aromatic carbocycles. The number of nitrogens with one attached hydrogen (secondary N) is 2. The lowest BCUT2D eigenvalue weighted by atomic mass is 10.4. The van der Waals surface area contributed by atoms with Crippen LogP contribution in [0.25, 0.3) is 0 Å². The molecule has 0 radical (unpaired) electrons. The normalized spacial score (nSPS) is 19.6. The Balaban J connectivity index is 2.22. The van der Waals surface area contributed by atoms with Crippen molar-refractivity contribution in [1.29, 1.82) is 0 Å². The number of sulfonamides is 1. The van der Waals surface area contributed by atoms with Crippen molar-refractivity contribution in [1.82, 2.24) is 20.1 Å². The zero-order valence-electron chi connectivity index (χ0n) is 11.6. The molecule has 1 fully saturated rings. The summed E-state index contributed by atoms with van der Waals surface area (Å²) in [7, 11) is -1.13. The van der Waals surface area contributed by atoms with Crippen molar-refractivity contribution in [2.45, 2.75) is 26.3 Å². The van der Waals surface area contributed by atoms with E-state index in [1.165, 1.54) is 0 Å². The van der Waals surface area contributed by atoms with Gasteiger partial charge in [-0.25, -0.2) is 13.4 Å². The van der Waals surface area contributed by atoms with Crippen molar-refractivity contribution in [3.8, 4) is 0 Å². The van der Waals surface area contributed by atoms with Crippen molar-refractivity contribution < 1.29 is 8.42 Å². The summed E-state index contributed by atoms with van der Waals surface area (Å²) in [6, 6.07) is 0.401. The highest BCUT2D eigenvalue weighted by Crippen LogP contribution is 1.98. The minimum absolute atomic E-state index is 0.180. The quantitative estimate of drug-likeness (QED) is 0.612. The van der Waals surface area contributed by atoms with E-state index in [4.69, 9.17) is 0 Å². The Kier molecular flexibility index (Phi) is 6.51. The smallest absolute Gasteiger partial charge is 0.224 e. The van der Waals surface area contributed by atoms with Gasteiger partial charge in [0.15, 0.2) is 0 Å². The van der Waals surface area contributed by atoms with Gasteiger partial charge in [-0.15, -0.1) is 4.83 Å². The SMILES string of the molecule is CC(C)NCCCS(=O)(=O)NN1CCN(C)CC1. The molecule has 1 rings (SSSR count). The van der Waals surface area contributed by atoms with E-state index in [2.05, 4.69) is 28.9 Å². The molecule has 18 heavy (non-hydrogen) atoms. The second-order valence-corrected chi connectivity index (χ2v) is 6.98. The first-order valence-corrected chi connectivity index (χ1v) is 8.21. The molecule has 7 heteroatoms. The first-order valence-electron chi connectivity index (χ1n) is 6.56. The summed E-state index contributed by atoms with van der Waals surface area (Å²) in [6.07, 6.45) is 0.640. The predicted molar refractivity (Wildman–Crippen MR) is 73.7 cm³/mol. The van der Waals surface area contributed by atoms with Crippen LogP contribution in [0.3, 0.4) is 0 Å². The van der Waals surface area contributed by atoms with E-state index in [0.29, 0.717) is 12.5 Å². The summed E-state index contributed by atoms with van der Waals surface area (Å²) in [4.78, 5) is 4.85. The van der Waals surface area contributed by atoms with Gasteiger partial charge in [0.25, 0.3) is 0 Å². The second kappa shape index (κ2) is 7.40. The van der Waals surface area contributed by atoms with Crippen LogP contribution in [0.2, 0.25) is 0 Å². The standard InChI is InChI=1S/C11H26N4O2S/c1-11(2)12-5-4-10-18(16,17)13-15-8-6-14(3)7-9-15/h11-13H,4-10H2,1-3H3. The van der Waals surface area contributed by atoms with Crippen LogP contribution in [-0.4, -0.2) is 69.9 Å². The van der Waals surface area contributed by atoms with Gasteiger partial charge in [-0.2, -0.15) is 0 Å². The molecule has 2 N–H and O–H groups in total. The summed E-state index contributed by atoms with van der Waals surface area (Å²) in [5.41, 5.74) is 0. The van der Waals surface area contributed by atoms with Crippen molar-refractivity contribution in [2.75, 3.05) is 45.5 Å². The minimum Gasteiger partial charge on any atom is -0.314 e. The number of hydrazine groups is 1. The van der Waals surface area contributed by atoms with E-state index >= 15 is 0 Å². The van der Waals surface area contributed by atoms with Crippen LogP contribution in [0, 0.1) is 0 Å². The molecular weight excluding hydrogens is 252 g/mol. The molecule has 1 saturated heterocycles. The van der Waals surface area contributed by atoms with Gasteiger partial charge >= 0.3 is 0 Å². The van der Waals surface area contributed by atoms with Gasteiger partial charge in [0.1, 0.15) is 0 Å². The first-order chi connectivity index (χ1) is 8.39. The molecule has 0 amide bonds. The van der Waals surface area contributed by atoms with Gasteiger partial charge in [0.2, 0.25) is 10.0 Å². The fraction of sp³-hybridized carbons (Fsp3) is 1.00. The fourth-order valence-corrected chi connectivity index (χ4v) is 2.98. The fourth-order valence-electron chi connectivity index (χ4n) is 1.79. The molecule has 0 bridgehead atoms. The van der Waals surface area contributed by atoms with Crippen molar-refractivity contribution in [3.05, 3.63) is 0 Å². The Hall–Kier alpha value is -0.210. The van der Waals surface area contributed by atoms with Crippen LogP contribution < -0.4 is 10.1 Å². The Morgan fingerprint density at radius 3 is 2.33 bits per heavy atom. The van der Waals surface area contributed by atoms with Gasteiger partial charge in [0, 0.05) is 32.2 Å². The number of hydrogen-bond donors (Lipinski definition) is 2. The molecule has 1 aliphatic heterocycles. The lowest BCUT2D eigenvalue weighted by Crippen LogP contribution is -2.53. The van der Waals surface area contributed by atoms with Crippen LogP contribution in [0.1, 0.15) is 20.3 Å². The van der Waals surface area contributed by atoms with E-state index in [-0.39, 0.29) is 5.75 Å². The third-order valence-electron chi connectivity index (χ3n) is 2.91. The highest BCUT2D eigenvalue weighted by Gasteiger charge is 2.19. The molecule has 0 aliphatic carbocycles. The van der Waals surface area contributed by atoms with E-state index in [1.807, 2.05) is 7.05 Å². The number of rotatable bonds is 7. The van der Waals surface area contributed by atoms with Gasteiger partial charge in [-0.05, 0) is 20.0 Å². The zero-order valence-corrected chi connectivity index (χ0v) is 12.5. The van der Waals surface area contributed by atoms with Crippen LogP contribution in [0.5, 0.6) is 0 Å². The highest BCUT2D eigenvalue weighted by atomic mass is 32.2. The number of nitrogens with zero attached hydrogens (tertiary/aromatic N) is 2. The van der Waals surface area contributed by atoms with Gasteiger partial charge in [-0.3, -0.25) is 0 Å². The lowest BCUT2D eigenvalue weighted by molar-refractivity contribution is 0.135. The maximum absolute atomic E-state index is 11.8. The summed E-state index contributed by atoms with van der Waals surface area (Å²) >= 11 is 0. The summed E-state index contributed by atoms with van der Waals surface area (Å²) in [6.45, 7) is 8.14. The van der Waals surface area contributed by atoms with Crippen LogP contribution in [0.4, 0.5) is 0 Å². The van der Waals surface area contributed by atoms with E-state index in [1.54, 1.807) is 5.01 Å². The molecule has 1 aliphatic rings. The molecule has 0 aromatic heterocycles. The molecule has 0 atom stereocenters. The van der Waals surface area contributed by atoms with Crippen LogP contribution in [0.15, 0.2) is 0 Å². The highest BCUT2D eigenvalue weighted by molar-refractivity contribution is 7.89. The molecule has 0 unspecified atom stereocenters. The van der Waals surface area contributed by atoms with Gasteiger partial charge in [-0.1, -0.05) is 13.8 Å². The van der Waals surface area contributed by atoms with E-state index in [0.717, 1.165) is 32.7 Å². The van der Waals surface area contributed by atoms with E-state index < -0.39 is 10.0 Å². The largest absolute Gasteiger partial charge is 0.314 e. The predicted octanol–water partition coefficient (Wildman–Crippen LogP) is -0.544. The Morgan fingerprint density at radius 2 is 1.78 bits per heavy atom. The molecular formula is C11H26N4O2S. The Labute approximate surface area is 111 Å². The number of hydrogen-bond acceptors (Lipinski definition) is 5. The molecule has 6 nitrogen and oxygen atoms in total. The molecule has 0 spiro atoms. The van der Waals surface area contributed by atoms with Gasteiger partial charge in [0.05, 0.1) is 5.75 Å². The molecule has 0 saturated carbocycles. The lowest BCUT2D eigenvalue weighted by Gasteiger charge is -2.32. The minimum atomic E-state index is -3.18. The third kappa shape index (κ3) is 6.65. The first kappa shape index (κ1) is 15.8. The Bertz CT molecular complexity index is 324. The summed E-state index contributed by atoms with van der Waals surface area (Å²) < 4.78 is 23.7. The summed E-state index contributed by atoms with van der Waals surface area (Å²) in [5, 5.41) is 5.01. The van der Waals surface area contributed by atoms with Crippen LogP contribution >= 0.6 is 0 Å². The topological polar surface area (TPSA) is 64.7 Å². The van der Waals surface area contributed by atoms with Crippen molar-refractivity contribution in [2.24, 2.45) is 0 Å². The molecule has 1 heterocycles.